The molecule has 1 N–H and O–H groups in total. The molecular formula is C17H15FN4O2S. The maximum Gasteiger partial charge on any atom is 0.255 e. The van der Waals surface area contributed by atoms with Crippen molar-refractivity contribution < 1.29 is 13.9 Å². The van der Waals surface area contributed by atoms with Crippen LogP contribution in [-0.4, -0.2) is 42.2 Å². The second-order valence-corrected chi connectivity index (χ2v) is 6.62. The lowest BCUT2D eigenvalue weighted by Crippen LogP contribution is -2.36. The van der Waals surface area contributed by atoms with E-state index in [9.17, 15) is 9.18 Å². The Morgan fingerprint density at radius 1 is 1.28 bits per heavy atom. The molecule has 1 aliphatic rings. The number of rotatable bonds is 3. The van der Waals surface area contributed by atoms with Gasteiger partial charge in [-0.2, -0.15) is 4.98 Å². The number of hydrogen-bond acceptors (Lipinski definition) is 6. The average molecular weight is 358 g/mol. The summed E-state index contributed by atoms with van der Waals surface area (Å²) in [5.74, 6) is -0.822. The van der Waals surface area contributed by atoms with Gasteiger partial charge in [0.25, 0.3) is 5.91 Å². The molecule has 0 atom stereocenters. The van der Waals surface area contributed by atoms with Gasteiger partial charge in [-0.25, -0.2) is 9.37 Å². The van der Waals surface area contributed by atoms with E-state index in [1.807, 2.05) is 6.07 Å². The van der Waals surface area contributed by atoms with Crippen molar-refractivity contribution in [1.82, 2.24) is 9.97 Å². The van der Waals surface area contributed by atoms with Gasteiger partial charge in [-0.05, 0) is 24.3 Å². The van der Waals surface area contributed by atoms with Gasteiger partial charge in [0.1, 0.15) is 5.82 Å². The Balaban J connectivity index is 1.55. The van der Waals surface area contributed by atoms with Crippen molar-refractivity contribution in [3.05, 3.63) is 47.9 Å². The summed E-state index contributed by atoms with van der Waals surface area (Å²) in [6.45, 7) is 3.00. The van der Waals surface area contributed by atoms with Gasteiger partial charge < -0.3 is 15.0 Å². The first-order valence-corrected chi connectivity index (χ1v) is 8.67. The van der Waals surface area contributed by atoms with E-state index in [1.54, 1.807) is 12.3 Å². The number of aromatic nitrogens is 2. The Morgan fingerprint density at radius 3 is 2.92 bits per heavy atom. The van der Waals surface area contributed by atoms with Crippen molar-refractivity contribution in [2.24, 2.45) is 0 Å². The summed E-state index contributed by atoms with van der Waals surface area (Å²) in [4.78, 5) is 23.2. The van der Waals surface area contributed by atoms with Gasteiger partial charge in [0.05, 0.1) is 29.8 Å². The van der Waals surface area contributed by atoms with Crippen LogP contribution in [0.5, 0.6) is 0 Å². The minimum Gasteiger partial charge on any atom is -0.378 e. The van der Waals surface area contributed by atoms with E-state index in [0.29, 0.717) is 24.5 Å². The smallest absolute Gasteiger partial charge is 0.255 e. The van der Waals surface area contributed by atoms with E-state index in [4.69, 9.17) is 4.74 Å². The molecule has 6 nitrogen and oxygen atoms in total. The van der Waals surface area contributed by atoms with Crippen LogP contribution >= 0.6 is 11.3 Å². The highest BCUT2D eigenvalue weighted by Gasteiger charge is 2.16. The van der Waals surface area contributed by atoms with Crippen molar-refractivity contribution in [3.8, 4) is 0 Å². The maximum absolute atomic E-state index is 13.2. The van der Waals surface area contributed by atoms with E-state index >= 15 is 0 Å². The molecule has 1 amide bonds. The van der Waals surface area contributed by atoms with Gasteiger partial charge in [-0.1, -0.05) is 17.4 Å². The highest BCUT2D eigenvalue weighted by Crippen LogP contribution is 2.29. The highest BCUT2D eigenvalue weighted by molar-refractivity contribution is 7.22. The molecule has 0 unspecified atom stereocenters. The fraction of sp³-hybridized carbons (Fsp3) is 0.235. The molecule has 0 aliphatic carbocycles. The van der Waals surface area contributed by atoms with Gasteiger partial charge >= 0.3 is 0 Å². The summed E-state index contributed by atoms with van der Waals surface area (Å²) >= 11 is 1.53. The number of carbonyl (C=O) groups is 1. The molecule has 0 saturated carbocycles. The fourth-order valence-electron chi connectivity index (χ4n) is 2.60. The number of nitrogens with zero attached hydrogens (tertiary/aromatic N) is 3. The van der Waals surface area contributed by atoms with Gasteiger partial charge in [0, 0.05) is 18.7 Å². The number of nitrogens with one attached hydrogen (secondary N) is 1. The van der Waals surface area contributed by atoms with Crippen LogP contribution in [0.3, 0.4) is 0 Å². The summed E-state index contributed by atoms with van der Waals surface area (Å²) < 4.78 is 19.5. The van der Waals surface area contributed by atoms with Gasteiger partial charge in [-0.15, -0.1) is 0 Å². The van der Waals surface area contributed by atoms with Crippen molar-refractivity contribution in [2.75, 3.05) is 36.5 Å². The second kappa shape index (κ2) is 6.73. The summed E-state index contributed by atoms with van der Waals surface area (Å²) in [6, 6.07) is 7.40. The molecular weight excluding hydrogens is 343 g/mol. The average Bonchev–Trinajstić information content (AvgIpc) is 3.06. The van der Waals surface area contributed by atoms with Crippen LogP contribution in [-0.2, 0) is 4.74 Å². The zero-order chi connectivity index (χ0) is 17.2. The normalized spacial score (nSPS) is 14.7. The third-order valence-corrected chi connectivity index (χ3v) is 4.91. The molecule has 3 aromatic rings. The lowest BCUT2D eigenvalue weighted by molar-refractivity contribution is 0.102. The van der Waals surface area contributed by atoms with E-state index in [0.717, 1.165) is 22.9 Å². The molecule has 3 heterocycles. The quantitative estimate of drug-likeness (QED) is 0.780. The molecule has 1 aliphatic heterocycles. The minimum atomic E-state index is -0.446. The van der Waals surface area contributed by atoms with Crippen LogP contribution in [0.2, 0.25) is 0 Å². The Bertz CT molecular complexity index is 924. The molecule has 1 saturated heterocycles. The van der Waals surface area contributed by atoms with Gasteiger partial charge in [0.2, 0.25) is 0 Å². The number of thiazole rings is 1. The standard InChI is InChI=1S/C17H15FN4O2S/c18-12-3-1-2-11(8-12)16(23)20-13-9-14-15(19-10-13)21-17(25-14)22-4-6-24-7-5-22/h1-3,8-10H,4-7H2,(H,20,23). The SMILES string of the molecule is O=C(Nc1cnc2nc(N3CCOCC3)sc2c1)c1cccc(F)c1. The van der Waals surface area contributed by atoms with Crippen LogP contribution in [0, 0.1) is 5.82 Å². The number of halogens is 1. The number of hydrogen-bond donors (Lipinski definition) is 1. The Labute approximate surface area is 147 Å². The first kappa shape index (κ1) is 15.9. The maximum atomic E-state index is 13.2. The van der Waals surface area contributed by atoms with Gasteiger partial charge in [0.15, 0.2) is 10.8 Å². The molecule has 4 rings (SSSR count). The summed E-state index contributed by atoms with van der Waals surface area (Å²) in [5.41, 5.74) is 1.47. The summed E-state index contributed by atoms with van der Waals surface area (Å²) in [6.07, 6.45) is 1.56. The number of benzene rings is 1. The van der Waals surface area contributed by atoms with Crippen LogP contribution in [0.1, 0.15) is 10.4 Å². The first-order chi connectivity index (χ1) is 12.2. The number of fused-ring (bicyclic) bond motifs is 1. The van der Waals surface area contributed by atoms with Crippen molar-refractivity contribution in [3.63, 3.8) is 0 Å². The zero-order valence-electron chi connectivity index (χ0n) is 13.2. The third-order valence-electron chi connectivity index (χ3n) is 3.86. The lowest BCUT2D eigenvalue weighted by Gasteiger charge is -2.25. The van der Waals surface area contributed by atoms with E-state index in [1.165, 1.54) is 29.5 Å². The molecule has 128 valence electrons. The number of amides is 1. The Kier molecular flexibility index (Phi) is 4.29. The molecule has 1 fully saturated rings. The number of ether oxygens (including phenoxy) is 1. The van der Waals surface area contributed by atoms with E-state index in [-0.39, 0.29) is 11.5 Å². The Morgan fingerprint density at radius 2 is 2.12 bits per heavy atom. The van der Waals surface area contributed by atoms with Crippen molar-refractivity contribution in [2.45, 2.75) is 0 Å². The lowest BCUT2D eigenvalue weighted by atomic mass is 10.2. The van der Waals surface area contributed by atoms with Crippen LogP contribution in [0.15, 0.2) is 36.5 Å². The largest absolute Gasteiger partial charge is 0.378 e. The molecule has 0 bridgehead atoms. The van der Waals surface area contributed by atoms with Crippen LogP contribution in [0.4, 0.5) is 15.2 Å². The molecule has 25 heavy (non-hydrogen) atoms. The molecule has 0 radical (unpaired) electrons. The number of carbonyl (C=O) groups excluding carboxylic acids is 1. The van der Waals surface area contributed by atoms with E-state index < -0.39 is 5.82 Å². The zero-order valence-corrected chi connectivity index (χ0v) is 14.1. The topological polar surface area (TPSA) is 67.4 Å². The second-order valence-electron chi connectivity index (χ2n) is 5.61. The summed E-state index contributed by atoms with van der Waals surface area (Å²) in [5, 5.41) is 3.65. The van der Waals surface area contributed by atoms with Gasteiger partial charge in [-0.3, -0.25) is 4.79 Å². The fourth-order valence-corrected chi connectivity index (χ4v) is 3.62. The summed E-state index contributed by atoms with van der Waals surface area (Å²) in [7, 11) is 0. The van der Waals surface area contributed by atoms with Crippen LogP contribution < -0.4 is 10.2 Å². The number of morpholine rings is 1. The predicted molar refractivity (Wildman–Crippen MR) is 94.8 cm³/mol. The predicted octanol–water partition coefficient (Wildman–Crippen LogP) is 2.92. The van der Waals surface area contributed by atoms with E-state index in [2.05, 4.69) is 20.2 Å². The first-order valence-electron chi connectivity index (χ1n) is 7.85. The van der Waals surface area contributed by atoms with Crippen molar-refractivity contribution in [1.29, 1.82) is 0 Å². The molecule has 0 spiro atoms. The monoisotopic (exact) mass is 358 g/mol. The Hall–Kier alpha value is -2.58. The number of anilines is 2. The van der Waals surface area contributed by atoms with Crippen molar-refractivity contribution >= 4 is 38.4 Å². The molecule has 2 aromatic heterocycles. The third kappa shape index (κ3) is 3.45. The molecule has 8 heteroatoms. The highest BCUT2D eigenvalue weighted by atomic mass is 32.1. The molecule has 1 aromatic carbocycles. The van der Waals surface area contributed by atoms with Crippen LogP contribution in [0.25, 0.3) is 10.3 Å². The minimum absolute atomic E-state index is 0.262. The number of pyridine rings is 1.